The number of aryl methyl sites for hydroxylation is 1. The van der Waals surface area contributed by atoms with Crippen molar-refractivity contribution in [3.63, 3.8) is 0 Å². The average molecular weight is 460 g/mol. The third-order valence-electron chi connectivity index (χ3n) is 5.42. The number of nitrogens with zero attached hydrogens (tertiary/aromatic N) is 1. The number of hydrogen-bond acceptors (Lipinski definition) is 3. The molecule has 1 atom stereocenters. The van der Waals surface area contributed by atoms with Crippen LogP contribution in [0, 0.1) is 6.92 Å². The molecule has 1 heterocycles. The molecular weight excluding hydrogens is 434 g/mol. The van der Waals surface area contributed by atoms with Crippen LogP contribution in [0.1, 0.15) is 38.1 Å². The number of hydrogen-bond donors (Lipinski definition) is 1. The summed E-state index contributed by atoms with van der Waals surface area (Å²) in [6, 6.07) is 23.5. The molecule has 0 amide bonds. The Morgan fingerprint density at radius 1 is 0.939 bits per heavy atom. The Balaban J connectivity index is 2.10. The Labute approximate surface area is 198 Å². The minimum absolute atomic E-state index is 0.553. The monoisotopic (exact) mass is 459 g/mol. The van der Waals surface area contributed by atoms with Crippen molar-refractivity contribution >= 4 is 28.5 Å². The van der Waals surface area contributed by atoms with E-state index in [9.17, 15) is 9.90 Å². The molecule has 0 bridgehead atoms. The Kier molecular flexibility index (Phi) is 6.24. The molecule has 0 radical (unpaired) electrons. The van der Waals surface area contributed by atoms with Crippen LogP contribution in [0.3, 0.4) is 0 Å². The number of carboxylic acid groups (broad SMARTS) is 1. The van der Waals surface area contributed by atoms with Crippen molar-refractivity contribution in [2.45, 2.75) is 39.4 Å². The van der Waals surface area contributed by atoms with Gasteiger partial charge in [0, 0.05) is 27.2 Å². The molecule has 0 aliphatic rings. The number of carboxylic acids is 1. The summed E-state index contributed by atoms with van der Waals surface area (Å²) < 4.78 is 6.05. The van der Waals surface area contributed by atoms with E-state index in [0.29, 0.717) is 16.3 Å². The Morgan fingerprint density at radius 2 is 1.61 bits per heavy atom. The van der Waals surface area contributed by atoms with Crippen molar-refractivity contribution in [3.05, 3.63) is 89.1 Å². The van der Waals surface area contributed by atoms with Crippen molar-refractivity contribution in [2.24, 2.45) is 0 Å². The first-order valence-corrected chi connectivity index (χ1v) is 11.2. The molecule has 0 spiro atoms. The summed E-state index contributed by atoms with van der Waals surface area (Å²) in [5, 5.41) is 11.6. The number of fused-ring (bicyclic) bond motifs is 1. The Hall–Kier alpha value is -3.21. The number of para-hydroxylation sites is 1. The summed E-state index contributed by atoms with van der Waals surface area (Å²) in [7, 11) is 0. The number of benzene rings is 3. The number of aliphatic carboxylic acids is 1. The molecular formula is C28H26ClNO3. The van der Waals surface area contributed by atoms with E-state index in [0.717, 1.165) is 33.2 Å². The van der Waals surface area contributed by atoms with Gasteiger partial charge in [0.15, 0.2) is 6.10 Å². The van der Waals surface area contributed by atoms with Crippen LogP contribution in [-0.2, 0) is 9.53 Å². The van der Waals surface area contributed by atoms with Gasteiger partial charge in [-0.2, -0.15) is 0 Å². The molecule has 0 fully saturated rings. The van der Waals surface area contributed by atoms with Crippen molar-refractivity contribution < 1.29 is 14.6 Å². The smallest absolute Gasteiger partial charge is 0.337 e. The maximum atomic E-state index is 12.4. The molecule has 4 rings (SSSR count). The number of halogens is 1. The van der Waals surface area contributed by atoms with Crippen LogP contribution in [0.15, 0.2) is 72.8 Å². The molecule has 1 unspecified atom stereocenters. The highest BCUT2D eigenvalue weighted by molar-refractivity contribution is 6.30. The summed E-state index contributed by atoms with van der Waals surface area (Å²) in [6.45, 7) is 7.39. The van der Waals surface area contributed by atoms with Gasteiger partial charge < -0.3 is 9.84 Å². The third-order valence-corrected chi connectivity index (χ3v) is 5.67. The molecule has 3 aromatic carbocycles. The van der Waals surface area contributed by atoms with Gasteiger partial charge in [-0.15, -0.1) is 0 Å². The zero-order valence-corrected chi connectivity index (χ0v) is 19.9. The van der Waals surface area contributed by atoms with E-state index >= 15 is 0 Å². The van der Waals surface area contributed by atoms with Gasteiger partial charge in [-0.3, -0.25) is 4.98 Å². The molecule has 0 saturated carbocycles. The molecule has 4 aromatic rings. The number of pyridine rings is 1. The number of ether oxygens (including phenoxy) is 1. The van der Waals surface area contributed by atoms with Crippen LogP contribution in [0.2, 0.25) is 5.02 Å². The van der Waals surface area contributed by atoms with E-state index in [2.05, 4.69) is 0 Å². The normalized spacial score (nSPS) is 12.6. The van der Waals surface area contributed by atoms with Crippen molar-refractivity contribution in [1.29, 1.82) is 0 Å². The molecule has 5 heteroatoms. The molecule has 4 nitrogen and oxygen atoms in total. The quantitative estimate of drug-likeness (QED) is 0.336. The lowest BCUT2D eigenvalue weighted by atomic mass is 9.89. The number of aromatic nitrogens is 1. The fourth-order valence-electron chi connectivity index (χ4n) is 4.11. The third kappa shape index (κ3) is 4.77. The highest BCUT2D eigenvalue weighted by Gasteiger charge is 2.32. The zero-order valence-electron chi connectivity index (χ0n) is 19.1. The van der Waals surface area contributed by atoms with Gasteiger partial charge in [-0.05, 0) is 56.5 Å². The largest absolute Gasteiger partial charge is 0.479 e. The first kappa shape index (κ1) is 23.0. The number of rotatable bonds is 5. The maximum Gasteiger partial charge on any atom is 0.337 e. The average Bonchev–Trinajstić information content (AvgIpc) is 2.77. The summed E-state index contributed by atoms with van der Waals surface area (Å²) >= 11 is 6.16. The van der Waals surface area contributed by atoms with Gasteiger partial charge in [0.1, 0.15) is 0 Å². The van der Waals surface area contributed by atoms with E-state index < -0.39 is 17.7 Å². The standard InChI is InChI=1S/C28H26ClNO3/c1-17-23(26(27(31)32)33-28(2,3)4)24(19-13-15-20(29)16-14-19)22-12-8-11-21(25(22)30-17)18-9-6-5-7-10-18/h5-16,26H,1-4H3,(H,31,32). The fraction of sp³-hybridized carbons (Fsp3) is 0.214. The lowest BCUT2D eigenvalue weighted by Gasteiger charge is -2.28. The second-order valence-electron chi connectivity index (χ2n) is 9.01. The second kappa shape index (κ2) is 8.97. The van der Waals surface area contributed by atoms with E-state index in [1.807, 2.05) is 100 Å². The molecule has 0 saturated heterocycles. The fourth-order valence-corrected chi connectivity index (χ4v) is 4.23. The van der Waals surface area contributed by atoms with E-state index in [1.54, 1.807) is 0 Å². The van der Waals surface area contributed by atoms with Crippen molar-refractivity contribution in [1.82, 2.24) is 4.98 Å². The molecule has 33 heavy (non-hydrogen) atoms. The summed E-state index contributed by atoms with van der Waals surface area (Å²) in [6.07, 6.45) is -1.17. The van der Waals surface area contributed by atoms with Gasteiger partial charge in [0.25, 0.3) is 0 Å². The van der Waals surface area contributed by atoms with Crippen LogP contribution in [0.4, 0.5) is 0 Å². The lowest BCUT2D eigenvalue weighted by molar-refractivity contribution is -0.160. The SMILES string of the molecule is Cc1nc2c(-c3ccccc3)cccc2c(-c2ccc(Cl)cc2)c1C(OC(C)(C)C)C(=O)O. The van der Waals surface area contributed by atoms with E-state index in [4.69, 9.17) is 21.3 Å². The highest BCUT2D eigenvalue weighted by atomic mass is 35.5. The summed E-state index contributed by atoms with van der Waals surface area (Å²) in [5.74, 6) is -1.05. The first-order chi connectivity index (χ1) is 15.7. The predicted octanol–water partition coefficient (Wildman–Crippen LogP) is 7.47. The lowest BCUT2D eigenvalue weighted by Crippen LogP contribution is -2.28. The first-order valence-electron chi connectivity index (χ1n) is 10.8. The molecule has 168 valence electrons. The van der Waals surface area contributed by atoms with Gasteiger partial charge in [0.2, 0.25) is 0 Å². The van der Waals surface area contributed by atoms with Crippen molar-refractivity contribution in [2.75, 3.05) is 0 Å². The topological polar surface area (TPSA) is 59.4 Å². The zero-order chi connectivity index (χ0) is 23.8. The van der Waals surface area contributed by atoms with Crippen LogP contribution in [0.5, 0.6) is 0 Å². The van der Waals surface area contributed by atoms with E-state index in [-0.39, 0.29) is 0 Å². The second-order valence-corrected chi connectivity index (χ2v) is 9.45. The molecule has 1 N–H and O–H groups in total. The highest BCUT2D eigenvalue weighted by Crippen LogP contribution is 2.41. The van der Waals surface area contributed by atoms with Gasteiger partial charge >= 0.3 is 5.97 Å². The van der Waals surface area contributed by atoms with Crippen LogP contribution < -0.4 is 0 Å². The van der Waals surface area contributed by atoms with Crippen LogP contribution >= 0.6 is 11.6 Å². The van der Waals surface area contributed by atoms with Gasteiger partial charge in [-0.1, -0.05) is 72.3 Å². The van der Waals surface area contributed by atoms with E-state index in [1.165, 1.54) is 0 Å². The van der Waals surface area contributed by atoms with Crippen LogP contribution in [-0.4, -0.2) is 21.7 Å². The summed E-state index contributed by atoms with van der Waals surface area (Å²) in [4.78, 5) is 17.3. The van der Waals surface area contributed by atoms with Gasteiger partial charge in [-0.25, -0.2) is 4.79 Å². The predicted molar refractivity (Wildman–Crippen MR) is 134 cm³/mol. The molecule has 0 aliphatic heterocycles. The molecule has 1 aromatic heterocycles. The minimum atomic E-state index is -1.17. The summed E-state index contributed by atoms with van der Waals surface area (Å²) in [5.41, 5.74) is 5.02. The van der Waals surface area contributed by atoms with Crippen molar-refractivity contribution in [3.8, 4) is 22.3 Å². The van der Waals surface area contributed by atoms with Gasteiger partial charge in [0.05, 0.1) is 11.1 Å². The Bertz CT molecular complexity index is 1310. The molecule has 0 aliphatic carbocycles. The minimum Gasteiger partial charge on any atom is -0.479 e. The van der Waals surface area contributed by atoms with Crippen LogP contribution in [0.25, 0.3) is 33.2 Å². The number of carbonyl (C=O) groups is 1. The maximum absolute atomic E-state index is 12.4. The Morgan fingerprint density at radius 3 is 2.21 bits per heavy atom.